The maximum atomic E-state index is 4.93. The number of benzene rings is 6. The van der Waals surface area contributed by atoms with Crippen molar-refractivity contribution in [2.24, 2.45) is 0 Å². The quantitative estimate of drug-likeness (QED) is 0.123. The summed E-state index contributed by atoms with van der Waals surface area (Å²) in [7, 11) is 11.0. The fourth-order valence-corrected chi connectivity index (χ4v) is 6.79. The molecule has 0 nitrogen and oxygen atoms in total. The second-order valence-corrected chi connectivity index (χ2v) is 17.6. The molecule has 2 radical (unpaired) electrons. The summed E-state index contributed by atoms with van der Waals surface area (Å²) in [5.41, 5.74) is 9.53. The molecule has 0 spiro atoms. The minimum absolute atomic E-state index is 0.563. The molecular weight excluding hydrogens is 743 g/mol. The molecule has 0 aromatic heterocycles. The molecule has 0 atom stereocenters. The number of fused-ring (bicyclic) bond motifs is 4. The van der Waals surface area contributed by atoms with Crippen molar-refractivity contribution in [3.63, 3.8) is 0 Å². The Balaban J connectivity index is 0.000000168. The molecule has 4 heteroatoms. The standard InChI is InChI=1S/2C22H19.C2H6Si.2ClH.Zr/c1-15(2)18-13-17-9-6-12-21(22(17)14-18)20-11-5-8-16-7-3-4-10-19(16)20;1-3-16-11-12-20(22-14-15(2)13-21(16)22)19-10-6-8-17-7-4-5-9-18(17)19;1-3-2;;;/h3-15H,1-2H3;4-14H,3H2,1-2H3;1-2H3;2*1H;/q2*-1;;;;+4/p-2. The van der Waals surface area contributed by atoms with Gasteiger partial charge in [-0.05, 0) is 38.6 Å². The van der Waals surface area contributed by atoms with Crippen LogP contribution in [0.1, 0.15) is 43.4 Å². The Morgan fingerprint density at radius 1 is 0.600 bits per heavy atom. The van der Waals surface area contributed by atoms with E-state index in [1.165, 1.54) is 82.0 Å². The Morgan fingerprint density at radius 2 is 1.08 bits per heavy atom. The summed E-state index contributed by atoms with van der Waals surface area (Å²) < 4.78 is 0. The van der Waals surface area contributed by atoms with Gasteiger partial charge in [0.2, 0.25) is 0 Å². The predicted octanol–water partition coefficient (Wildman–Crippen LogP) is 14.9. The molecule has 0 N–H and O–H groups in total. The van der Waals surface area contributed by atoms with Crippen molar-refractivity contribution >= 4 is 69.6 Å². The monoisotopic (exact) mass is 784 g/mol. The Hall–Kier alpha value is -3.26. The zero-order valence-corrected chi connectivity index (χ0v) is 34.8. The number of aryl methyl sites for hydroxylation is 2. The van der Waals surface area contributed by atoms with Crippen molar-refractivity contribution in [3.05, 3.63) is 156 Å². The van der Waals surface area contributed by atoms with Gasteiger partial charge in [-0.1, -0.05) is 155 Å². The van der Waals surface area contributed by atoms with E-state index < -0.39 is 20.8 Å². The summed E-state index contributed by atoms with van der Waals surface area (Å²) in [5.74, 6) is 0.563. The molecule has 0 aliphatic rings. The van der Waals surface area contributed by atoms with Crippen molar-refractivity contribution in [3.8, 4) is 22.3 Å². The Kier molecular flexibility index (Phi) is 13.9. The van der Waals surface area contributed by atoms with Crippen LogP contribution in [0.5, 0.6) is 0 Å². The van der Waals surface area contributed by atoms with E-state index in [1.54, 1.807) is 0 Å². The second kappa shape index (κ2) is 18.3. The normalized spacial score (nSPS) is 10.7. The minimum atomic E-state index is -0.826. The van der Waals surface area contributed by atoms with E-state index in [4.69, 9.17) is 17.0 Å². The predicted molar refractivity (Wildman–Crippen MR) is 222 cm³/mol. The second-order valence-electron chi connectivity index (χ2n) is 12.9. The van der Waals surface area contributed by atoms with Gasteiger partial charge in [-0.2, -0.15) is 12.1 Å². The summed E-state index contributed by atoms with van der Waals surface area (Å²) in [6, 6.07) is 51.0. The average molecular weight is 787 g/mol. The Bertz CT molecular complexity index is 2300. The Morgan fingerprint density at radius 3 is 1.62 bits per heavy atom. The fourth-order valence-electron chi connectivity index (χ4n) is 6.79. The SMILES string of the molecule is CC(C)c1cc2c(-c3cccc4ccccc34)cccc2[cH-]1.CCc1ccc(-c2cccc3ccccc23)c2cc(C)[cH-]c12.C[Si]C.[Cl][Zr+2][Cl]. The van der Waals surface area contributed by atoms with Crippen molar-refractivity contribution in [1.82, 2.24) is 0 Å². The van der Waals surface area contributed by atoms with Crippen LogP contribution in [0.15, 0.2) is 140 Å². The molecule has 8 aromatic carbocycles. The van der Waals surface area contributed by atoms with Gasteiger partial charge in [0.15, 0.2) is 0 Å². The number of hydrogen-bond acceptors (Lipinski definition) is 0. The molecule has 0 aliphatic carbocycles. The van der Waals surface area contributed by atoms with Crippen molar-refractivity contribution in [2.75, 3.05) is 0 Å². The van der Waals surface area contributed by atoms with Crippen LogP contribution < -0.4 is 0 Å². The van der Waals surface area contributed by atoms with Crippen LogP contribution >= 0.6 is 17.0 Å². The molecule has 0 saturated carbocycles. The summed E-state index contributed by atoms with van der Waals surface area (Å²) in [6.07, 6.45) is 1.08. The number of hydrogen-bond donors (Lipinski definition) is 0. The molecule has 0 saturated heterocycles. The maximum absolute atomic E-state index is 4.93. The molecule has 0 fully saturated rings. The van der Waals surface area contributed by atoms with Gasteiger partial charge >= 0.3 is 37.9 Å². The first-order chi connectivity index (χ1) is 24.3. The first kappa shape index (κ1) is 38.0. The van der Waals surface area contributed by atoms with E-state index in [-0.39, 0.29) is 0 Å². The summed E-state index contributed by atoms with van der Waals surface area (Å²) in [4.78, 5) is 0. The zero-order valence-electron chi connectivity index (χ0n) is 29.8. The van der Waals surface area contributed by atoms with E-state index in [0.717, 1.165) is 15.9 Å². The van der Waals surface area contributed by atoms with Crippen LogP contribution in [-0.4, -0.2) is 9.52 Å². The van der Waals surface area contributed by atoms with E-state index in [2.05, 4.69) is 180 Å². The Labute approximate surface area is 319 Å². The van der Waals surface area contributed by atoms with E-state index >= 15 is 0 Å². The van der Waals surface area contributed by atoms with Crippen molar-refractivity contribution in [2.45, 2.75) is 53.1 Å². The summed E-state index contributed by atoms with van der Waals surface area (Å²) in [6.45, 7) is 13.2. The van der Waals surface area contributed by atoms with E-state index in [9.17, 15) is 0 Å². The first-order valence-corrected chi connectivity index (χ1v) is 25.6. The molecule has 50 heavy (non-hydrogen) atoms. The first-order valence-electron chi connectivity index (χ1n) is 17.2. The zero-order chi connectivity index (χ0) is 35.6. The third kappa shape index (κ3) is 8.60. The molecule has 0 aliphatic heterocycles. The average Bonchev–Trinajstić information content (AvgIpc) is 3.76. The molecule has 8 rings (SSSR count). The molecule has 0 unspecified atom stereocenters. The number of halogens is 2. The molecule has 0 heterocycles. The van der Waals surface area contributed by atoms with E-state index in [0.29, 0.717) is 5.92 Å². The molecule has 8 aromatic rings. The summed E-state index contributed by atoms with van der Waals surface area (Å²) >= 11 is -0.826. The topological polar surface area (TPSA) is 0 Å². The molecule has 0 amide bonds. The van der Waals surface area contributed by atoms with Gasteiger partial charge in [0.1, 0.15) is 0 Å². The van der Waals surface area contributed by atoms with Crippen LogP contribution in [0.2, 0.25) is 13.1 Å². The van der Waals surface area contributed by atoms with Gasteiger partial charge in [-0.3, -0.25) is 0 Å². The van der Waals surface area contributed by atoms with Gasteiger partial charge in [0, 0.05) is 9.52 Å². The summed E-state index contributed by atoms with van der Waals surface area (Å²) in [5, 5.41) is 10.7. The van der Waals surface area contributed by atoms with Crippen LogP contribution in [-0.2, 0) is 27.3 Å². The van der Waals surface area contributed by atoms with E-state index in [1.807, 2.05) is 0 Å². The fraction of sp³-hybridized carbons (Fsp3) is 0.174. The molecule has 0 bridgehead atoms. The molecular formula is C46H44Cl2SiZr. The van der Waals surface area contributed by atoms with Crippen molar-refractivity contribution < 1.29 is 20.8 Å². The van der Waals surface area contributed by atoms with Gasteiger partial charge in [-0.25, -0.2) is 0 Å². The van der Waals surface area contributed by atoms with Crippen LogP contribution in [0.25, 0.3) is 65.3 Å². The third-order valence-corrected chi connectivity index (χ3v) is 9.10. The van der Waals surface area contributed by atoms with Gasteiger partial charge in [-0.15, -0.1) is 68.6 Å². The van der Waals surface area contributed by atoms with Crippen molar-refractivity contribution in [1.29, 1.82) is 0 Å². The number of rotatable bonds is 4. The van der Waals surface area contributed by atoms with Gasteiger partial charge in [0.05, 0.1) is 0 Å². The van der Waals surface area contributed by atoms with Gasteiger partial charge < -0.3 is 0 Å². The van der Waals surface area contributed by atoms with Crippen LogP contribution in [0.3, 0.4) is 0 Å². The van der Waals surface area contributed by atoms with Gasteiger partial charge in [0.25, 0.3) is 0 Å². The van der Waals surface area contributed by atoms with Crippen LogP contribution in [0, 0.1) is 6.92 Å². The third-order valence-electron chi connectivity index (χ3n) is 9.10. The molecule has 250 valence electrons. The van der Waals surface area contributed by atoms with Crippen LogP contribution in [0.4, 0.5) is 0 Å².